The van der Waals surface area contributed by atoms with Crippen molar-refractivity contribution in [2.24, 2.45) is 0 Å². The highest BCUT2D eigenvalue weighted by Gasteiger charge is 2.27. The van der Waals surface area contributed by atoms with E-state index in [9.17, 15) is 0 Å². The van der Waals surface area contributed by atoms with Crippen LogP contribution in [-0.4, -0.2) is 16.7 Å². The molecule has 16 heavy (non-hydrogen) atoms. The van der Waals surface area contributed by atoms with Gasteiger partial charge in [0.25, 0.3) is 0 Å². The number of nitrogens with zero attached hydrogens (tertiary/aromatic N) is 2. The topological polar surface area (TPSA) is 27.1 Å². The molecule has 0 aliphatic heterocycles. The van der Waals surface area contributed by atoms with Crippen LogP contribution in [0.4, 0.5) is 0 Å². The Bertz CT molecular complexity index is 531. The fourth-order valence-corrected chi connectivity index (χ4v) is 2.28. The summed E-state index contributed by atoms with van der Waals surface area (Å²) in [6.07, 6.45) is 2.47. The van der Waals surface area contributed by atoms with Gasteiger partial charge in [-0.05, 0) is 25.0 Å². The maximum Gasteiger partial charge on any atom is 0.125 e. The molecule has 1 heterocycles. The predicted octanol–water partition coefficient (Wildman–Crippen LogP) is 3.12. The molecule has 0 amide bonds. The van der Waals surface area contributed by atoms with E-state index in [0.717, 1.165) is 17.1 Å². The summed E-state index contributed by atoms with van der Waals surface area (Å²) in [5.74, 6) is 2.27. The first-order chi connectivity index (χ1) is 7.83. The van der Waals surface area contributed by atoms with E-state index in [2.05, 4.69) is 15.6 Å². The van der Waals surface area contributed by atoms with Crippen LogP contribution in [0.2, 0.25) is 0 Å². The van der Waals surface area contributed by atoms with Crippen molar-refractivity contribution in [1.82, 2.24) is 9.55 Å². The summed E-state index contributed by atoms with van der Waals surface area (Å²) in [4.78, 5) is 4.55. The zero-order chi connectivity index (χ0) is 11.1. The molecule has 1 aliphatic carbocycles. The van der Waals surface area contributed by atoms with Crippen LogP contribution in [0.1, 0.15) is 24.7 Å². The van der Waals surface area contributed by atoms with Gasteiger partial charge in [-0.2, -0.15) is 0 Å². The zero-order valence-electron chi connectivity index (χ0n) is 9.11. The standard InChI is InChI=1S/C12H13ClN2O/c1-16-9-4-5-11-10(6-9)14-12(7-13)15(11)8-2-3-8/h4-6,8H,2-3,7H2,1H3. The third kappa shape index (κ3) is 1.47. The Morgan fingerprint density at radius 2 is 2.31 bits per heavy atom. The molecule has 0 bridgehead atoms. The highest BCUT2D eigenvalue weighted by molar-refractivity contribution is 6.16. The fourth-order valence-electron chi connectivity index (χ4n) is 2.09. The maximum absolute atomic E-state index is 5.93. The van der Waals surface area contributed by atoms with Crippen molar-refractivity contribution in [3.05, 3.63) is 24.0 Å². The van der Waals surface area contributed by atoms with Gasteiger partial charge >= 0.3 is 0 Å². The van der Waals surface area contributed by atoms with Crippen LogP contribution >= 0.6 is 11.6 Å². The number of aromatic nitrogens is 2. The molecule has 0 unspecified atom stereocenters. The summed E-state index contributed by atoms with van der Waals surface area (Å²) < 4.78 is 7.46. The number of hydrogen-bond acceptors (Lipinski definition) is 2. The minimum absolute atomic E-state index is 0.466. The van der Waals surface area contributed by atoms with E-state index < -0.39 is 0 Å². The molecular formula is C12H13ClN2O. The van der Waals surface area contributed by atoms with E-state index in [1.54, 1.807) is 7.11 Å². The van der Waals surface area contributed by atoms with Crippen LogP contribution in [0.25, 0.3) is 11.0 Å². The van der Waals surface area contributed by atoms with Gasteiger partial charge in [-0.25, -0.2) is 4.98 Å². The second-order valence-corrected chi connectivity index (χ2v) is 4.38. The fraction of sp³-hybridized carbons (Fsp3) is 0.417. The van der Waals surface area contributed by atoms with E-state index in [0.29, 0.717) is 11.9 Å². The Hall–Kier alpha value is -1.22. The van der Waals surface area contributed by atoms with Crippen LogP contribution in [-0.2, 0) is 5.88 Å². The van der Waals surface area contributed by atoms with E-state index in [1.807, 2.05) is 12.1 Å². The van der Waals surface area contributed by atoms with Gasteiger partial charge in [0.2, 0.25) is 0 Å². The van der Waals surface area contributed by atoms with Gasteiger partial charge in [-0.3, -0.25) is 0 Å². The average molecular weight is 237 g/mol. The van der Waals surface area contributed by atoms with Crippen LogP contribution < -0.4 is 4.74 Å². The largest absolute Gasteiger partial charge is 0.497 e. The van der Waals surface area contributed by atoms with Gasteiger partial charge in [0, 0.05) is 12.1 Å². The Labute approximate surface area is 99.0 Å². The number of hydrogen-bond donors (Lipinski definition) is 0. The van der Waals surface area contributed by atoms with Crippen molar-refractivity contribution >= 4 is 22.6 Å². The first-order valence-corrected chi connectivity index (χ1v) is 5.97. The quantitative estimate of drug-likeness (QED) is 0.766. The number of benzene rings is 1. The van der Waals surface area contributed by atoms with Gasteiger partial charge in [-0.1, -0.05) is 0 Å². The molecule has 0 N–H and O–H groups in total. The lowest BCUT2D eigenvalue weighted by molar-refractivity contribution is 0.415. The smallest absolute Gasteiger partial charge is 0.125 e. The lowest BCUT2D eigenvalue weighted by Crippen LogP contribution is -1.98. The Kier molecular flexibility index (Phi) is 2.28. The van der Waals surface area contributed by atoms with Gasteiger partial charge in [0.15, 0.2) is 0 Å². The van der Waals surface area contributed by atoms with Crippen molar-refractivity contribution in [2.75, 3.05) is 7.11 Å². The Morgan fingerprint density at radius 1 is 1.50 bits per heavy atom. The number of halogens is 1. The van der Waals surface area contributed by atoms with Crippen molar-refractivity contribution in [2.45, 2.75) is 24.8 Å². The molecule has 0 saturated heterocycles. The first kappa shape index (κ1) is 9.97. The number of rotatable bonds is 3. The molecule has 1 aromatic carbocycles. The molecule has 84 valence electrons. The molecule has 2 aromatic rings. The van der Waals surface area contributed by atoms with Crippen LogP contribution in [0.5, 0.6) is 5.75 Å². The summed E-state index contributed by atoms with van der Waals surface area (Å²) >= 11 is 5.93. The number of alkyl halides is 1. The molecule has 3 nitrogen and oxygen atoms in total. The van der Waals surface area contributed by atoms with E-state index in [1.165, 1.54) is 18.4 Å². The van der Waals surface area contributed by atoms with Crippen molar-refractivity contribution in [3.63, 3.8) is 0 Å². The zero-order valence-corrected chi connectivity index (χ0v) is 9.87. The van der Waals surface area contributed by atoms with Gasteiger partial charge in [0.1, 0.15) is 11.6 Å². The SMILES string of the molecule is COc1ccc2c(c1)nc(CCl)n2C1CC1. The number of fused-ring (bicyclic) bond motifs is 1. The second-order valence-electron chi connectivity index (χ2n) is 4.12. The molecular weight excluding hydrogens is 224 g/mol. The minimum atomic E-state index is 0.466. The number of imidazole rings is 1. The minimum Gasteiger partial charge on any atom is -0.497 e. The lowest BCUT2D eigenvalue weighted by atomic mass is 10.3. The summed E-state index contributed by atoms with van der Waals surface area (Å²) in [6.45, 7) is 0. The molecule has 1 aromatic heterocycles. The van der Waals surface area contributed by atoms with E-state index >= 15 is 0 Å². The number of ether oxygens (including phenoxy) is 1. The summed E-state index contributed by atoms with van der Waals surface area (Å²) in [5.41, 5.74) is 2.14. The molecule has 1 fully saturated rings. The third-order valence-electron chi connectivity index (χ3n) is 3.00. The molecule has 1 saturated carbocycles. The highest BCUT2D eigenvalue weighted by atomic mass is 35.5. The monoisotopic (exact) mass is 236 g/mol. The highest BCUT2D eigenvalue weighted by Crippen LogP contribution is 2.39. The van der Waals surface area contributed by atoms with Crippen LogP contribution in [0, 0.1) is 0 Å². The second kappa shape index (κ2) is 3.67. The molecule has 4 heteroatoms. The van der Waals surface area contributed by atoms with E-state index in [4.69, 9.17) is 16.3 Å². The van der Waals surface area contributed by atoms with Crippen LogP contribution in [0.3, 0.4) is 0 Å². The summed E-state index contributed by atoms with van der Waals surface area (Å²) in [6, 6.07) is 6.60. The maximum atomic E-state index is 5.93. The lowest BCUT2D eigenvalue weighted by Gasteiger charge is -2.05. The predicted molar refractivity (Wildman–Crippen MR) is 64.1 cm³/mol. The van der Waals surface area contributed by atoms with Crippen molar-refractivity contribution in [3.8, 4) is 5.75 Å². The van der Waals surface area contributed by atoms with Crippen molar-refractivity contribution < 1.29 is 4.74 Å². The summed E-state index contributed by atoms with van der Waals surface area (Å²) in [5, 5.41) is 0. The average Bonchev–Trinajstić information content (AvgIpc) is 3.08. The molecule has 1 aliphatic rings. The van der Waals surface area contributed by atoms with Crippen LogP contribution in [0.15, 0.2) is 18.2 Å². The molecule has 0 spiro atoms. The number of methoxy groups -OCH3 is 1. The van der Waals surface area contributed by atoms with Gasteiger partial charge in [-0.15, -0.1) is 11.6 Å². The third-order valence-corrected chi connectivity index (χ3v) is 3.24. The Morgan fingerprint density at radius 3 is 2.94 bits per heavy atom. The first-order valence-electron chi connectivity index (χ1n) is 5.44. The van der Waals surface area contributed by atoms with Crippen molar-refractivity contribution in [1.29, 1.82) is 0 Å². The summed E-state index contributed by atoms with van der Waals surface area (Å²) in [7, 11) is 1.67. The normalized spacial score (nSPS) is 15.6. The molecule has 3 rings (SSSR count). The molecule has 0 atom stereocenters. The van der Waals surface area contributed by atoms with Gasteiger partial charge in [0.05, 0.1) is 24.0 Å². The Balaban J connectivity index is 2.21. The van der Waals surface area contributed by atoms with E-state index in [-0.39, 0.29) is 0 Å². The van der Waals surface area contributed by atoms with Gasteiger partial charge < -0.3 is 9.30 Å². The molecule has 0 radical (unpaired) electrons.